The van der Waals surface area contributed by atoms with Gasteiger partial charge in [0.15, 0.2) is 5.78 Å². The van der Waals surface area contributed by atoms with Crippen LogP contribution in [0.3, 0.4) is 0 Å². The molecule has 0 heterocycles. The molecule has 0 aliphatic carbocycles. The average Bonchev–Trinajstić information content (AvgIpc) is 2.14. The number of rotatable bonds is 3. The molecule has 0 saturated carbocycles. The van der Waals surface area contributed by atoms with Crippen molar-refractivity contribution in [1.82, 2.24) is 0 Å². The van der Waals surface area contributed by atoms with Gasteiger partial charge in [0.2, 0.25) is 0 Å². The van der Waals surface area contributed by atoms with Crippen LogP contribution in [0, 0.1) is 5.82 Å². The Bertz CT molecular complexity index is 380. The quantitative estimate of drug-likeness (QED) is 0.706. The lowest BCUT2D eigenvalue weighted by molar-refractivity contribution is 0.0137. The van der Waals surface area contributed by atoms with Gasteiger partial charge in [0.1, 0.15) is 5.82 Å². The lowest BCUT2D eigenvalue weighted by Crippen LogP contribution is -2.11. The Morgan fingerprint density at radius 2 is 2.00 bits per heavy atom. The number of ketones is 1. The van der Waals surface area contributed by atoms with E-state index in [1.807, 2.05) is 0 Å². The molecule has 0 saturated heterocycles. The van der Waals surface area contributed by atoms with Gasteiger partial charge < -0.3 is 0 Å². The minimum Gasteiger partial charge on any atom is -0.294 e. The smallest absolute Gasteiger partial charge is 0.273 e. The normalized spacial score (nSPS) is 11.5. The van der Waals surface area contributed by atoms with Gasteiger partial charge in [-0.05, 0) is 12.1 Å². The number of carbonyl (C=O) groups is 1. The lowest BCUT2D eigenvalue weighted by atomic mass is 10.0. The fraction of sp³-hybridized carbons (Fsp3) is 0.364. The Kier molecular flexibility index (Phi) is 3.17. The van der Waals surface area contributed by atoms with Crippen molar-refractivity contribution >= 4 is 5.78 Å². The van der Waals surface area contributed by atoms with E-state index in [0.717, 1.165) is 12.1 Å². The fourth-order valence-electron chi connectivity index (χ4n) is 1.25. The minimum atomic E-state index is -3.22. The zero-order chi connectivity index (χ0) is 11.6. The maximum absolute atomic E-state index is 13.2. The molecule has 82 valence electrons. The number of Topliss-reactive ketones (excluding diaryl/α,β-unsaturated/α-hetero) is 1. The van der Waals surface area contributed by atoms with Gasteiger partial charge in [0, 0.05) is 18.9 Å². The molecule has 0 fully saturated rings. The summed E-state index contributed by atoms with van der Waals surface area (Å²) in [7, 11) is 0. The average molecular weight is 216 g/mol. The summed E-state index contributed by atoms with van der Waals surface area (Å²) in [6.45, 7) is 2.25. The van der Waals surface area contributed by atoms with E-state index in [1.165, 1.54) is 6.07 Å². The first-order valence-electron chi connectivity index (χ1n) is 4.57. The van der Waals surface area contributed by atoms with Gasteiger partial charge in [-0.2, -0.15) is 0 Å². The molecule has 4 heteroatoms. The Labute approximate surface area is 85.9 Å². The van der Waals surface area contributed by atoms with Crippen LogP contribution in [-0.4, -0.2) is 5.78 Å². The molecule has 0 atom stereocenters. The number of benzene rings is 1. The summed E-state index contributed by atoms with van der Waals surface area (Å²) in [5.74, 6) is -4.53. The predicted molar refractivity (Wildman–Crippen MR) is 50.6 cm³/mol. The maximum Gasteiger partial charge on any atom is 0.273 e. The van der Waals surface area contributed by atoms with Crippen LogP contribution in [0.15, 0.2) is 18.2 Å². The van der Waals surface area contributed by atoms with Crippen molar-refractivity contribution in [3.8, 4) is 0 Å². The van der Waals surface area contributed by atoms with Crippen molar-refractivity contribution < 1.29 is 18.0 Å². The van der Waals surface area contributed by atoms with Gasteiger partial charge in [0.05, 0.1) is 5.56 Å². The second-order valence-electron chi connectivity index (χ2n) is 3.36. The molecular weight excluding hydrogens is 205 g/mol. The Balaban J connectivity index is 3.15. The third kappa shape index (κ3) is 2.58. The van der Waals surface area contributed by atoms with Crippen LogP contribution >= 0.6 is 0 Å². The summed E-state index contributed by atoms with van der Waals surface area (Å²) in [5.41, 5.74) is -0.557. The molecule has 0 spiro atoms. The second-order valence-corrected chi connectivity index (χ2v) is 3.36. The van der Waals surface area contributed by atoms with Crippen LogP contribution in [0.25, 0.3) is 0 Å². The van der Waals surface area contributed by atoms with Crippen molar-refractivity contribution in [2.24, 2.45) is 0 Å². The zero-order valence-electron chi connectivity index (χ0n) is 8.48. The summed E-state index contributed by atoms with van der Waals surface area (Å²) < 4.78 is 38.8. The summed E-state index contributed by atoms with van der Waals surface area (Å²) in [6, 6.07) is 3.04. The molecule has 15 heavy (non-hydrogen) atoms. The summed E-state index contributed by atoms with van der Waals surface area (Å²) in [4.78, 5) is 11.2. The van der Waals surface area contributed by atoms with E-state index in [2.05, 4.69) is 0 Å². The third-order valence-electron chi connectivity index (χ3n) is 2.09. The first-order valence-corrected chi connectivity index (χ1v) is 4.57. The van der Waals surface area contributed by atoms with Crippen LogP contribution < -0.4 is 0 Å². The molecule has 0 bridgehead atoms. The number of hydrogen-bond donors (Lipinski definition) is 0. The van der Waals surface area contributed by atoms with Crippen LogP contribution in [0.1, 0.15) is 36.2 Å². The van der Waals surface area contributed by atoms with Crippen molar-refractivity contribution in [2.45, 2.75) is 26.2 Å². The maximum atomic E-state index is 13.2. The van der Waals surface area contributed by atoms with E-state index < -0.39 is 17.3 Å². The van der Waals surface area contributed by atoms with Crippen LogP contribution in [0.4, 0.5) is 13.2 Å². The monoisotopic (exact) mass is 216 g/mol. The van der Waals surface area contributed by atoms with Crippen molar-refractivity contribution in [3.05, 3.63) is 35.1 Å². The second kappa shape index (κ2) is 4.04. The Hall–Kier alpha value is -1.32. The molecule has 0 aliphatic rings. The largest absolute Gasteiger partial charge is 0.294 e. The molecule has 0 aliphatic heterocycles. The highest BCUT2D eigenvalue weighted by atomic mass is 19.3. The van der Waals surface area contributed by atoms with Crippen LogP contribution in [0.2, 0.25) is 0 Å². The molecule has 0 unspecified atom stereocenters. The molecule has 0 radical (unpaired) electrons. The van der Waals surface area contributed by atoms with Crippen molar-refractivity contribution in [2.75, 3.05) is 0 Å². The highest BCUT2D eigenvalue weighted by Gasteiger charge is 2.28. The van der Waals surface area contributed by atoms with E-state index in [-0.39, 0.29) is 17.8 Å². The molecule has 0 N–H and O–H groups in total. The van der Waals surface area contributed by atoms with Gasteiger partial charge in [-0.25, -0.2) is 13.2 Å². The van der Waals surface area contributed by atoms with Gasteiger partial charge >= 0.3 is 0 Å². The topological polar surface area (TPSA) is 17.1 Å². The van der Waals surface area contributed by atoms with Crippen LogP contribution in [0.5, 0.6) is 0 Å². The molecule has 1 rings (SSSR count). The van der Waals surface area contributed by atoms with E-state index in [4.69, 9.17) is 0 Å². The first kappa shape index (κ1) is 11.8. The van der Waals surface area contributed by atoms with Crippen LogP contribution in [-0.2, 0) is 5.92 Å². The number of halogens is 3. The molecule has 1 aromatic carbocycles. The summed E-state index contributed by atoms with van der Waals surface area (Å²) in [5, 5.41) is 0. The third-order valence-corrected chi connectivity index (χ3v) is 2.09. The van der Waals surface area contributed by atoms with E-state index in [1.54, 1.807) is 6.92 Å². The van der Waals surface area contributed by atoms with E-state index >= 15 is 0 Å². The highest BCUT2D eigenvalue weighted by Crippen LogP contribution is 2.29. The standard InChI is InChI=1S/C11H11F3O/c1-3-10(15)7-4-5-8(9(12)6-7)11(2,13)14/h4-6H,3H2,1-2H3. The minimum absolute atomic E-state index is 0.128. The zero-order valence-corrected chi connectivity index (χ0v) is 8.48. The SMILES string of the molecule is CCC(=O)c1ccc(C(C)(F)F)c(F)c1. The number of carbonyl (C=O) groups excluding carboxylic acids is 1. The molecular formula is C11H11F3O. The molecule has 0 amide bonds. The fourth-order valence-corrected chi connectivity index (χ4v) is 1.25. The first-order chi connectivity index (χ1) is 6.86. The van der Waals surface area contributed by atoms with Gasteiger partial charge in [-0.3, -0.25) is 4.79 Å². The number of hydrogen-bond acceptors (Lipinski definition) is 1. The highest BCUT2D eigenvalue weighted by molar-refractivity contribution is 5.95. The summed E-state index contributed by atoms with van der Waals surface area (Å²) >= 11 is 0. The number of alkyl halides is 2. The van der Waals surface area contributed by atoms with Crippen molar-refractivity contribution in [1.29, 1.82) is 0 Å². The molecule has 1 aromatic rings. The predicted octanol–water partition coefficient (Wildman–Crippen LogP) is 3.53. The molecule has 1 nitrogen and oxygen atoms in total. The lowest BCUT2D eigenvalue weighted by Gasteiger charge is -2.12. The van der Waals surface area contributed by atoms with E-state index in [9.17, 15) is 18.0 Å². The van der Waals surface area contributed by atoms with E-state index in [0.29, 0.717) is 6.92 Å². The summed E-state index contributed by atoms with van der Waals surface area (Å²) in [6.07, 6.45) is 0.224. The Morgan fingerprint density at radius 3 is 2.40 bits per heavy atom. The van der Waals surface area contributed by atoms with Gasteiger partial charge in [0.25, 0.3) is 5.92 Å². The van der Waals surface area contributed by atoms with Gasteiger partial charge in [-0.1, -0.05) is 13.0 Å². The van der Waals surface area contributed by atoms with Gasteiger partial charge in [-0.15, -0.1) is 0 Å². The van der Waals surface area contributed by atoms with Crippen molar-refractivity contribution in [3.63, 3.8) is 0 Å². The Morgan fingerprint density at radius 1 is 1.40 bits per heavy atom. The molecule has 0 aromatic heterocycles.